The molecule has 8 nitrogen and oxygen atoms in total. The third-order valence-electron chi connectivity index (χ3n) is 5.88. The molecule has 3 heterocycles. The average Bonchev–Trinajstić information content (AvgIpc) is 3.23. The van der Waals surface area contributed by atoms with E-state index in [1.807, 2.05) is 4.90 Å². The summed E-state index contributed by atoms with van der Waals surface area (Å²) in [6.45, 7) is 2.41. The van der Waals surface area contributed by atoms with Crippen molar-refractivity contribution in [3.8, 4) is 5.75 Å². The number of methoxy groups -OCH3 is 1. The highest BCUT2D eigenvalue weighted by molar-refractivity contribution is 5.96. The molecular weight excluding hydrogens is 358 g/mol. The number of carbonyl (C=O) groups excluding carboxylic acids is 2. The fourth-order valence-electron chi connectivity index (χ4n) is 4.24. The number of nitrogens with two attached hydrogens (primary N) is 1. The summed E-state index contributed by atoms with van der Waals surface area (Å²) in [5, 5.41) is 5.10. The van der Waals surface area contributed by atoms with Gasteiger partial charge in [0.25, 0.3) is 5.91 Å². The van der Waals surface area contributed by atoms with Crippen LogP contribution in [0.1, 0.15) is 34.6 Å². The minimum atomic E-state index is -0.258. The van der Waals surface area contributed by atoms with Gasteiger partial charge in [0.05, 0.1) is 26.5 Å². The van der Waals surface area contributed by atoms with E-state index in [-0.39, 0.29) is 23.9 Å². The Morgan fingerprint density at radius 1 is 1.29 bits per heavy atom. The first-order chi connectivity index (χ1) is 13.6. The molecule has 4 rings (SSSR count). The lowest BCUT2D eigenvalue weighted by Gasteiger charge is -2.41. The minimum absolute atomic E-state index is 0.00916. The Balaban J connectivity index is 1.30. The summed E-state index contributed by atoms with van der Waals surface area (Å²) in [5.41, 5.74) is 2.87. The lowest BCUT2D eigenvalue weighted by molar-refractivity contribution is -0.743. The molecule has 1 aromatic carbocycles. The van der Waals surface area contributed by atoms with Gasteiger partial charge in [0, 0.05) is 43.6 Å². The van der Waals surface area contributed by atoms with Gasteiger partial charge in [-0.05, 0) is 24.3 Å². The molecule has 0 bridgehead atoms. The van der Waals surface area contributed by atoms with Gasteiger partial charge < -0.3 is 25.3 Å². The molecule has 2 aliphatic rings. The van der Waals surface area contributed by atoms with Gasteiger partial charge in [-0.1, -0.05) is 0 Å². The predicted octanol–water partition coefficient (Wildman–Crippen LogP) is -0.214. The number of likely N-dealkylation sites (tertiary alicyclic amines) is 1. The Labute approximate surface area is 163 Å². The molecule has 0 atom stereocenters. The van der Waals surface area contributed by atoms with Crippen molar-refractivity contribution in [2.45, 2.75) is 24.8 Å². The fourth-order valence-corrected chi connectivity index (χ4v) is 4.24. The van der Waals surface area contributed by atoms with Gasteiger partial charge in [0.15, 0.2) is 0 Å². The molecule has 2 aromatic rings. The van der Waals surface area contributed by atoms with Crippen molar-refractivity contribution in [2.75, 3.05) is 33.3 Å². The van der Waals surface area contributed by atoms with Crippen LogP contribution in [0.25, 0.3) is 0 Å². The van der Waals surface area contributed by atoms with Gasteiger partial charge in [-0.3, -0.25) is 9.59 Å². The zero-order valence-corrected chi connectivity index (χ0v) is 16.0. The molecule has 4 N–H and O–H groups in total. The van der Waals surface area contributed by atoms with Gasteiger partial charge in [-0.25, -0.2) is 4.98 Å². The number of aromatic amines is 1. The SMILES string of the molecule is COc1ccc(C(=O)NCC(=O)N2CCC3(CC2)[NH2+]CCc2[nH]cnc23)cc1. The number of piperidine rings is 1. The maximum atomic E-state index is 12.6. The van der Waals surface area contributed by atoms with Gasteiger partial charge >= 0.3 is 0 Å². The summed E-state index contributed by atoms with van der Waals surface area (Å²) in [4.78, 5) is 34.4. The monoisotopic (exact) mass is 384 g/mol. The molecule has 148 valence electrons. The molecule has 0 aliphatic carbocycles. The number of fused-ring (bicyclic) bond motifs is 2. The number of aromatic nitrogens is 2. The topological polar surface area (TPSA) is 104 Å². The Morgan fingerprint density at radius 3 is 2.75 bits per heavy atom. The van der Waals surface area contributed by atoms with Crippen molar-refractivity contribution in [3.63, 3.8) is 0 Å². The number of nitrogens with one attached hydrogen (secondary N) is 2. The summed E-state index contributed by atoms with van der Waals surface area (Å²) < 4.78 is 5.09. The number of rotatable bonds is 4. The predicted molar refractivity (Wildman–Crippen MR) is 102 cm³/mol. The summed E-state index contributed by atoms with van der Waals surface area (Å²) in [7, 11) is 1.58. The number of ether oxygens (including phenoxy) is 1. The molecule has 1 saturated heterocycles. The van der Waals surface area contributed by atoms with Gasteiger partial charge in [-0.15, -0.1) is 0 Å². The number of amides is 2. The van der Waals surface area contributed by atoms with Crippen molar-refractivity contribution in [1.29, 1.82) is 0 Å². The largest absolute Gasteiger partial charge is 0.497 e. The van der Waals surface area contributed by atoms with E-state index in [0.29, 0.717) is 24.4 Å². The maximum Gasteiger partial charge on any atom is 0.251 e. The molecule has 1 fully saturated rings. The number of imidazole rings is 1. The lowest BCUT2D eigenvalue weighted by atomic mass is 9.80. The van der Waals surface area contributed by atoms with Gasteiger partial charge in [0.1, 0.15) is 17.0 Å². The zero-order chi connectivity index (χ0) is 19.6. The summed E-state index contributed by atoms with van der Waals surface area (Å²) in [5.74, 6) is 0.385. The van der Waals surface area contributed by atoms with Crippen LogP contribution in [-0.4, -0.2) is 60.0 Å². The molecule has 2 amide bonds. The normalized spacial score (nSPS) is 17.8. The Hall–Kier alpha value is -2.87. The Kier molecular flexibility index (Phi) is 5.04. The van der Waals surface area contributed by atoms with Gasteiger partial charge in [-0.2, -0.15) is 0 Å². The van der Waals surface area contributed by atoms with E-state index < -0.39 is 0 Å². The smallest absolute Gasteiger partial charge is 0.251 e. The number of H-pyrrole nitrogens is 1. The summed E-state index contributed by atoms with van der Waals surface area (Å²) in [6, 6.07) is 6.82. The van der Waals surface area contributed by atoms with Gasteiger partial charge in [0.2, 0.25) is 5.91 Å². The Morgan fingerprint density at radius 2 is 2.04 bits per heavy atom. The van der Waals surface area contributed by atoms with Crippen LogP contribution in [0, 0.1) is 0 Å². The number of hydrogen-bond acceptors (Lipinski definition) is 4. The van der Waals surface area contributed by atoms with Crippen molar-refractivity contribution >= 4 is 11.8 Å². The number of benzene rings is 1. The Bertz CT molecular complexity index is 853. The first-order valence-corrected chi connectivity index (χ1v) is 9.68. The van der Waals surface area contributed by atoms with Crippen LogP contribution >= 0.6 is 0 Å². The van der Waals surface area contributed by atoms with Crippen LogP contribution in [0.4, 0.5) is 0 Å². The molecule has 0 unspecified atom stereocenters. The zero-order valence-electron chi connectivity index (χ0n) is 16.0. The molecule has 1 aromatic heterocycles. The van der Waals surface area contributed by atoms with Crippen LogP contribution in [0.2, 0.25) is 0 Å². The first kappa shape index (κ1) is 18.5. The lowest BCUT2D eigenvalue weighted by Crippen LogP contribution is -2.97. The first-order valence-electron chi connectivity index (χ1n) is 9.68. The second kappa shape index (κ2) is 7.63. The van der Waals surface area contributed by atoms with E-state index in [2.05, 4.69) is 20.6 Å². The molecule has 8 heteroatoms. The third kappa shape index (κ3) is 3.47. The van der Waals surface area contributed by atoms with Crippen molar-refractivity contribution in [3.05, 3.63) is 47.5 Å². The highest BCUT2D eigenvalue weighted by Gasteiger charge is 2.45. The molecule has 28 heavy (non-hydrogen) atoms. The van der Waals surface area contributed by atoms with E-state index in [9.17, 15) is 9.59 Å². The van der Waals surface area contributed by atoms with E-state index in [1.54, 1.807) is 37.7 Å². The highest BCUT2D eigenvalue weighted by Crippen LogP contribution is 2.31. The summed E-state index contributed by atoms with van der Waals surface area (Å²) in [6.07, 6.45) is 4.54. The average molecular weight is 384 g/mol. The van der Waals surface area contributed by atoms with E-state index >= 15 is 0 Å². The molecule has 2 aliphatic heterocycles. The minimum Gasteiger partial charge on any atom is -0.497 e. The van der Waals surface area contributed by atoms with Crippen LogP contribution in [0.15, 0.2) is 30.6 Å². The highest BCUT2D eigenvalue weighted by atomic mass is 16.5. The van der Waals surface area contributed by atoms with E-state index in [1.165, 1.54) is 5.69 Å². The molecule has 0 radical (unpaired) electrons. The fraction of sp³-hybridized carbons (Fsp3) is 0.450. The number of hydrogen-bond donors (Lipinski definition) is 3. The van der Waals surface area contributed by atoms with Crippen molar-refractivity contribution < 1.29 is 19.6 Å². The van der Waals surface area contributed by atoms with Crippen LogP contribution in [0.5, 0.6) is 5.75 Å². The van der Waals surface area contributed by atoms with Crippen molar-refractivity contribution in [1.82, 2.24) is 20.2 Å². The van der Waals surface area contributed by atoms with Crippen LogP contribution in [0.3, 0.4) is 0 Å². The second-order valence-electron chi connectivity index (χ2n) is 7.42. The maximum absolute atomic E-state index is 12.6. The summed E-state index contributed by atoms with van der Waals surface area (Å²) >= 11 is 0. The quantitative estimate of drug-likeness (QED) is 0.678. The van der Waals surface area contributed by atoms with Crippen LogP contribution in [-0.2, 0) is 16.8 Å². The number of quaternary nitrogens is 1. The van der Waals surface area contributed by atoms with Crippen LogP contribution < -0.4 is 15.4 Å². The molecule has 1 spiro atoms. The van der Waals surface area contributed by atoms with E-state index in [4.69, 9.17) is 4.74 Å². The second-order valence-corrected chi connectivity index (χ2v) is 7.42. The van der Waals surface area contributed by atoms with Crippen molar-refractivity contribution in [2.24, 2.45) is 0 Å². The number of nitrogens with zero attached hydrogens (tertiary/aromatic N) is 2. The van der Waals surface area contributed by atoms with E-state index in [0.717, 1.165) is 31.5 Å². The third-order valence-corrected chi connectivity index (χ3v) is 5.88. The number of carbonyl (C=O) groups is 2. The molecular formula is C20H26N5O3+. The molecule has 0 saturated carbocycles. The standard InChI is InChI=1S/C20H25N5O3/c1-28-15-4-2-14(3-5-15)19(27)21-12-17(26)25-10-7-20(8-11-25)18-16(6-9-24-20)22-13-23-18/h2-5,13,24H,6-12H2,1H3,(H,21,27)(H,22,23)/p+1.